The Morgan fingerprint density at radius 2 is 2.11 bits per heavy atom. The highest BCUT2D eigenvalue weighted by atomic mass is 19.4. The van der Waals surface area contributed by atoms with Gasteiger partial charge in [-0.25, -0.2) is 4.79 Å². The van der Waals surface area contributed by atoms with Crippen molar-refractivity contribution in [3.05, 3.63) is 34.9 Å². The summed E-state index contributed by atoms with van der Waals surface area (Å²) in [6.07, 6.45) is -2.97. The molecular weight excluding hydrogens is 247 g/mol. The molecule has 2 rings (SSSR count). The second-order valence-corrected chi connectivity index (χ2v) is 4.26. The zero-order valence-corrected chi connectivity index (χ0v) is 9.42. The van der Waals surface area contributed by atoms with Crippen molar-refractivity contribution in [3.8, 4) is 0 Å². The van der Waals surface area contributed by atoms with Crippen LogP contribution in [0.15, 0.2) is 18.2 Å². The SMILES string of the molecule is O=C(O)c1ccc([C@H]2CCCN2)cc1C(F)(F)F. The lowest BCUT2D eigenvalue weighted by Gasteiger charge is -2.15. The summed E-state index contributed by atoms with van der Waals surface area (Å²) >= 11 is 0. The maximum atomic E-state index is 12.8. The predicted octanol–water partition coefficient (Wildman–Crippen LogP) is 2.83. The number of carboxylic acids is 1. The molecule has 1 aliphatic rings. The number of halogens is 3. The number of alkyl halides is 3. The van der Waals surface area contributed by atoms with Crippen LogP contribution in [0.2, 0.25) is 0 Å². The molecule has 0 spiro atoms. The van der Waals surface area contributed by atoms with E-state index in [0.29, 0.717) is 5.56 Å². The van der Waals surface area contributed by atoms with Gasteiger partial charge in [-0.2, -0.15) is 13.2 Å². The molecule has 1 aromatic carbocycles. The van der Waals surface area contributed by atoms with E-state index in [4.69, 9.17) is 5.11 Å². The Balaban J connectivity index is 2.45. The van der Waals surface area contributed by atoms with Gasteiger partial charge in [0.05, 0.1) is 11.1 Å². The molecule has 1 aliphatic heterocycles. The van der Waals surface area contributed by atoms with E-state index < -0.39 is 23.3 Å². The first kappa shape index (κ1) is 12.9. The summed E-state index contributed by atoms with van der Waals surface area (Å²) in [5.74, 6) is -1.56. The molecule has 0 unspecified atom stereocenters. The Hall–Kier alpha value is -1.56. The van der Waals surface area contributed by atoms with E-state index in [1.807, 2.05) is 0 Å². The molecule has 1 heterocycles. The third kappa shape index (κ3) is 2.48. The molecule has 0 saturated carbocycles. The smallest absolute Gasteiger partial charge is 0.417 e. The molecule has 0 aliphatic carbocycles. The van der Waals surface area contributed by atoms with Crippen molar-refractivity contribution in [2.75, 3.05) is 6.54 Å². The zero-order valence-electron chi connectivity index (χ0n) is 9.42. The van der Waals surface area contributed by atoms with Gasteiger partial charge in [0.15, 0.2) is 0 Å². The number of nitrogens with one attached hydrogen (secondary N) is 1. The third-order valence-corrected chi connectivity index (χ3v) is 3.04. The van der Waals surface area contributed by atoms with Crippen LogP contribution in [0.25, 0.3) is 0 Å². The van der Waals surface area contributed by atoms with Crippen molar-refractivity contribution in [1.82, 2.24) is 5.32 Å². The lowest BCUT2D eigenvalue weighted by Crippen LogP contribution is -2.17. The summed E-state index contributed by atoms with van der Waals surface area (Å²) in [7, 11) is 0. The molecule has 18 heavy (non-hydrogen) atoms. The third-order valence-electron chi connectivity index (χ3n) is 3.04. The van der Waals surface area contributed by atoms with E-state index in [-0.39, 0.29) is 6.04 Å². The Kier molecular flexibility index (Phi) is 3.30. The van der Waals surface area contributed by atoms with E-state index in [1.165, 1.54) is 6.07 Å². The summed E-state index contributed by atoms with van der Waals surface area (Å²) < 4.78 is 38.4. The minimum absolute atomic E-state index is 0.117. The zero-order chi connectivity index (χ0) is 13.3. The first-order valence-corrected chi connectivity index (χ1v) is 5.57. The van der Waals surface area contributed by atoms with Gasteiger partial charge in [0, 0.05) is 6.04 Å². The second-order valence-electron chi connectivity index (χ2n) is 4.26. The highest BCUT2D eigenvalue weighted by Crippen LogP contribution is 2.35. The maximum absolute atomic E-state index is 12.8. The molecular formula is C12H12F3NO2. The fourth-order valence-corrected chi connectivity index (χ4v) is 2.17. The van der Waals surface area contributed by atoms with Crippen LogP contribution in [0.1, 0.15) is 40.4 Å². The fourth-order valence-electron chi connectivity index (χ4n) is 2.17. The van der Waals surface area contributed by atoms with Gasteiger partial charge in [-0.3, -0.25) is 0 Å². The van der Waals surface area contributed by atoms with E-state index in [1.54, 1.807) is 0 Å². The van der Waals surface area contributed by atoms with Gasteiger partial charge in [-0.1, -0.05) is 6.07 Å². The molecule has 2 N–H and O–H groups in total. The average molecular weight is 259 g/mol. The molecule has 1 saturated heterocycles. The number of rotatable bonds is 2. The predicted molar refractivity (Wildman–Crippen MR) is 58.4 cm³/mol. The standard InChI is InChI=1S/C12H12F3NO2/c13-12(14,15)9-6-7(10-2-1-5-16-10)3-4-8(9)11(17)18/h3-4,6,10,16H,1-2,5H2,(H,17,18)/t10-/m1/s1. The van der Waals surface area contributed by atoms with Crippen molar-refractivity contribution in [2.24, 2.45) is 0 Å². The molecule has 0 radical (unpaired) electrons. The topological polar surface area (TPSA) is 49.3 Å². The van der Waals surface area contributed by atoms with Crippen LogP contribution >= 0.6 is 0 Å². The first-order valence-electron chi connectivity index (χ1n) is 5.57. The quantitative estimate of drug-likeness (QED) is 0.858. The van der Waals surface area contributed by atoms with E-state index >= 15 is 0 Å². The molecule has 1 aromatic rings. The van der Waals surface area contributed by atoms with Crippen LogP contribution in [-0.2, 0) is 6.18 Å². The largest absolute Gasteiger partial charge is 0.478 e. The monoisotopic (exact) mass is 259 g/mol. The normalized spacial score (nSPS) is 20.1. The molecule has 0 bridgehead atoms. The first-order chi connectivity index (χ1) is 8.39. The summed E-state index contributed by atoms with van der Waals surface area (Å²) in [6.45, 7) is 0.771. The van der Waals surface area contributed by atoms with Gasteiger partial charge in [-0.15, -0.1) is 0 Å². The van der Waals surface area contributed by atoms with Crippen LogP contribution in [0.4, 0.5) is 13.2 Å². The summed E-state index contributed by atoms with van der Waals surface area (Å²) in [5.41, 5.74) is -1.30. The lowest BCUT2D eigenvalue weighted by molar-refractivity contribution is -0.138. The van der Waals surface area contributed by atoms with Gasteiger partial charge in [0.2, 0.25) is 0 Å². The van der Waals surface area contributed by atoms with Crippen LogP contribution < -0.4 is 5.32 Å². The Morgan fingerprint density at radius 3 is 2.61 bits per heavy atom. The summed E-state index contributed by atoms with van der Waals surface area (Å²) in [4.78, 5) is 10.8. The Bertz CT molecular complexity index is 465. The maximum Gasteiger partial charge on any atom is 0.417 e. The van der Waals surface area contributed by atoms with Crippen molar-refractivity contribution < 1.29 is 23.1 Å². The second kappa shape index (κ2) is 4.61. The van der Waals surface area contributed by atoms with Gasteiger partial charge < -0.3 is 10.4 Å². The molecule has 1 fully saturated rings. The van der Waals surface area contributed by atoms with Gasteiger partial charge in [0.25, 0.3) is 0 Å². The molecule has 98 valence electrons. The van der Waals surface area contributed by atoms with Crippen LogP contribution in [0.3, 0.4) is 0 Å². The minimum atomic E-state index is -4.65. The number of hydrogen-bond acceptors (Lipinski definition) is 2. The lowest BCUT2D eigenvalue weighted by atomic mass is 9.98. The summed E-state index contributed by atoms with van der Waals surface area (Å²) in [6, 6.07) is 3.29. The fraction of sp³-hybridized carbons (Fsp3) is 0.417. The van der Waals surface area contributed by atoms with Crippen LogP contribution in [0, 0.1) is 0 Å². The van der Waals surface area contributed by atoms with Crippen LogP contribution in [0.5, 0.6) is 0 Å². The number of carbonyl (C=O) groups is 1. The molecule has 6 heteroatoms. The van der Waals surface area contributed by atoms with Crippen LogP contribution in [-0.4, -0.2) is 17.6 Å². The summed E-state index contributed by atoms with van der Waals surface area (Å²) in [5, 5.41) is 11.9. The Labute approximate surface area is 102 Å². The van der Waals surface area contributed by atoms with Crippen molar-refractivity contribution in [2.45, 2.75) is 25.1 Å². The highest BCUT2D eigenvalue weighted by molar-refractivity contribution is 5.89. The Morgan fingerprint density at radius 1 is 1.39 bits per heavy atom. The van der Waals surface area contributed by atoms with Gasteiger partial charge in [0.1, 0.15) is 0 Å². The molecule has 1 atom stereocenters. The number of hydrogen-bond donors (Lipinski definition) is 2. The number of carboxylic acid groups (broad SMARTS) is 1. The molecule has 0 aromatic heterocycles. The average Bonchev–Trinajstić information content (AvgIpc) is 2.80. The number of aromatic carboxylic acids is 1. The van der Waals surface area contributed by atoms with Gasteiger partial charge in [-0.05, 0) is 37.1 Å². The minimum Gasteiger partial charge on any atom is -0.478 e. The van der Waals surface area contributed by atoms with Crippen molar-refractivity contribution >= 4 is 5.97 Å². The van der Waals surface area contributed by atoms with Crippen molar-refractivity contribution in [3.63, 3.8) is 0 Å². The van der Waals surface area contributed by atoms with E-state index in [9.17, 15) is 18.0 Å². The number of benzene rings is 1. The van der Waals surface area contributed by atoms with Gasteiger partial charge >= 0.3 is 12.1 Å². The van der Waals surface area contributed by atoms with E-state index in [2.05, 4.69) is 5.32 Å². The van der Waals surface area contributed by atoms with E-state index in [0.717, 1.165) is 31.5 Å². The van der Waals surface area contributed by atoms with Crippen molar-refractivity contribution in [1.29, 1.82) is 0 Å². The molecule has 3 nitrogen and oxygen atoms in total. The highest BCUT2D eigenvalue weighted by Gasteiger charge is 2.36. The molecule has 0 amide bonds.